The number of ether oxygens (including phenoxy) is 1. The SMILES string of the molecule is CCCn1nccc1C(N)CCc1ccc(OC)cc1. The Balaban J connectivity index is 1.93. The van der Waals surface area contributed by atoms with Crippen molar-refractivity contribution in [3.63, 3.8) is 0 Å². The van der Waals surface area contributed by atoms with E-state index in [1.165, 1.54) is 5.56 Å². The molecule has 20 heavy (non-hydrogen) atoms. The molecule has 0 spiro atoms. The second kappa shape index (κ2) is 7.10. The smallest absolute Gasteiger partial charge is 0.118 e. The lowest BCUT2D eigenvalue weighted by atomic mass is 10.0. The van der Waals surface area contributed by atoms with Crippen LogP contribution in [0.4, 0.5) is 0 Å². The minimum absolute atomic E-state index is 0.0335. The van der Waals surface area contributed by atoms with Gasteiger partial charge in [-0.3, -0.25) is 4.68 Å². The number of aromatic nitrogens is 2. The number of aryl methyl sites for hydroxylation is 2. The maximum absolute atomic E-state index is 6.29. The van der Waals surface area contributed by atoms with Gasteiger partial charge in [-0.15, -0.1) is 0 Å². The summed E-state index contributed by atoms with van der Waals surface area (Å²) in [6, 6.07) is 10.2. The second-order valence-corrected chi connectivity index (χ2v) is 4.97. The van der Waals surface area contributed by atoms with E-state index in [9.17, 15) is 0 Å². The third kappa shape index (κ3) is 3.61. The Kier molecular flexibility index (Phi) is 5.18. The molecule has 0 fully saturated rings. The summed E-state index contributed by atoms with van der Waals surface area (Å²) in [7, 11) is 1.68. The normalized spacial score (nSPS) is 12.3. The highest BCUT2D eigenvalue weighted by molar-refractivity contribution is 5.27. The van der Waals surface area contributed by atoms with E-state index in [2.05, 4.69) is 24.2 Å². The van der Waals surface area contributed by atoms with Crippen molar-refractivity contribution in [2.75, 3.05) is 7.11 Å². The average molecular weight is 273 g/mol. The summed E-state index contributed by atoms with van der Waals surface area (Å²) >= 11 is 0. The molecule has 0 radical (unpaired) electrons. The van der Waals surface area contributed by atoms with Crippen molar-refractivity contribution in [1.82, 2.24) is 9.78 Å². The van der Waals surface area contributed by atoms with Gasteiger partial charge in [0.15, 0.2) is 0 Å². The fourth-order valence-corrected chi connectivity index (χ4v) is 2.32. The lowest BCUT2D eigenvalue weighted by Crippen LogP contribution is -2.17. The monoisotopic (exact) mass is 273 g/mol. The molecule has 0 saturated carbocycles. The van der Waals surface area contributed by atoms with Crippen LogP contribution < -0.4 is 10.5 Å². The lowest BCUT2D eigenvalue weighted by molar-refractivity contribution is 0.414. The molecule has 0 saturated heterocycles. The summed E-state index contributed by atoms with van der Waals surface area (Å²) in [5.74, 6) is 0.888. The number of rotatable bonds is 7. The van der Waals surface area contributed by atoms with Crippen LogP contribution in [0.5, 0.6) is 5.75 Å². The minimum Gasteiger partial charge on any atom is -0.497 e. The summed E-state index contributed by atoms with van der Waals surface area (Å²) in [6.45, 7) is 3.08. The zero-order valence-corrected chi connectivity index (χ0v) is 12.2. The van der Waals surface area contributed by atoms with Gasteiger partial charge in [-0.25, -0.2) is 0 Å². The maximum atomic E-state index is 6.29. The van der Waals surface area contributed by atoms with E-state index in [0.717, 1.165) is 37.3 Å². The molecule has 1 aromatic heterocycles. The summed E-state index contributed by atoms with van der Waals surface area (Å²) in [5.41, 5.74) is 8.69. The van der Waals surface area contributed by atoms with Crippen molar-refractivity contribution in [2.45, 2.75) is 38.8 Å². The molecule has 1 unspecified atom stereocenters. The van der Waals surface area contributed by atoms with Crippen LogP contribution in [-0.2, 0) is 13.0 Å². The highest BCUT2D eigenvalue weighted by atomic mass is 16.5. The van der Waals surface area contributed by atoms with E-state index in [1.54, 1.807) is 7.11 Å². The molecule has 0 aliphatic rings. The minimum atomic E-state index is 0.0335. The molecular formula is C16H23N3O. The van der Waals surface area contributed by atoms with Crippen LogP contribution in [0, 0.1) is 0 Å². The standard InChI is InChI=1S/C16H23N3O/c1-3-12-19-16(10-11-18-19)15(17)9-6-13-4-7-14(20-2)8-5-13/h4-5,7-8,10-11,15H,3,6,9,12,17H2,1-2H3. The van der Waals surface area contributed by atoms with Crippen molar-refractivity contribution < 1.29 is 4.74 Å². The molecule has 0 aliphatic heterocycles. The molecule has 1 atom stereocenters. The Hall–Kier alpha value is -1.81. The van der Waals surface area contributed by atoms with Gasteiger partial charge in [0, 0.05) is 18.8 Å². The van der Waals surface area contributed by atoms with E-state index in [1.807, 2.05) is 29.1 Å². The zero-order valence-electron chi connectivity index (χ0n) is 12.2. The van der Waals surface area contributed by atoms with Gasteiger partial charge in [0.1, 0.15) is 5.75 Å². The Morgan fingerprint density at radius 1 is 1.25 bits per heavy atom. The molecule has 4 heteroatoms. The summed E-state index contributed by atoms with van der Waals surface area (Å²) in [4.78, 5) is 0. The van der Waals surface area contributed by atoms with E-state index >= 15 is 0 Å². The Morgan fingerprint density at radius 3 is 2.65 bits per heavy atom. The number of nitrogens with two attached hydrogens (primary N) is 1. The lowest BCUT2D eigenvalue weighted by Gasteiger charge is -2.14. The van der Waals surface area contributed by atoms with Crippen LogP contribution in [0.3, 0.4) is 0 Å². The van der Waals surface area contributed by atoms with Gasteiger partial charge in [-0.2, -0.15) is 5.10 Å². The fraction of sp³-hybridized carbons (Fsp3) is 0.438. The number of methoxy groups -OCH3 is 1. The molecule has 0 amide bonds. The summed E-state index contributed by atoms with van der Waals surface area (Å²) in [6.07, 6.45) is 4.78. The topological polar surface area (TPSA) is 53.1 Å². The highest BCUT2D eigenvalue weighted by Gasteiger charge is 2.11. The molecule has 108 valence electrons. The van der Waals surface area contributed by atoms with Gasteiger partial charge in [0.25, 0.3) is 0 Å². The second-order valence-electron chi connectivity index (χ2n) is 4.97. The molecule has 2 rings (SSSR count). The third-order valence-electron chi connectivity index (χ3n) is 3.47. The average Bonchev–Trinajstić information content (AvgIpc) is 2.94. The van der Waals surface area contributed by atoms with Gasteiger partial charge >= 0.3 is 0 Å². The number of benzene rings is 1. The molecule has 2 aromatic rings. The maximum Gasteiger partial charge on any atom is 0.118 e. The quantitative estimate of drug-likeness (QED) is 0.844. The number of nitrogens with zero attached hydrogens (tertiary/aromatic N) is 2. The first kappa shape index (κ1) is 14.6. The Labute approximate surface area is 120 Å². The summed E-state index contributed by atoms with van der Waals surface area (Å²) < 4.78 is 7.17. The van der Waals surface area contributed by atoms with Gasteiger partial charge in [0.2, 0.25) is 0 Å². The largest absolute Gasteiger partial charge is 0.497 e. The van der Waals surface area contributed by atoms with E-state index in [-0.39, 0.29) is 6.04 Å². The van der Waals surface area contributed by atoms with E-state index in [0.29, 0.717) is 0 Å². The van der Waals surface area contributed by atoms with Gasteiger partial charge in [-0.05, 0) is 43.0 Å². The van der Waals surface area contributed by atoms with E-state index < -0.39 is 0 Å². The molecule has 0 bridgehead atoms. The Bertz CT molecular complexity index is 519. The molecule has 0 aliphatic carbocycles. The number of hydrogen-bond acceptors (Lipinski definition) is 3. The van der Waals surface area contributed by atoms with Crippen LogP contribution in [0.1, 0.15) is 37.1 Å². The first-order valence-corrected chi connectivity index (χ1v) is 7.14. The predicted molar refractivity (Wildman–Crippen MR) is 80.8 cm³/mol. The molecule has 4 nitrogen and oxygen atoms in total. The molecule has 1 heterocycles. The van der Waals surface area contributed by atoms with Crippen LogP contribution in [0.25, 0.3) is 0 Å². The highest BCUT2D eigenvalue weighted by Crippen LogP contribution is 2.18. The molecular weight excluding hydrogens is 250 g/mol. The van der Waals surface area contributed by atoms with Crippen molar-refractivity contribution in [3.8, 4) is 5.75 Å². The predicted octanol–water partition coefficient (Wildman–Crippen LogP) is 2.93. The zero-order chi connectivity index (χ0) is 14.4. The van der Waals surface area contributed by atoms with Gasteiger partial charge < -0.3 is 10.5 Å². The molecule has 1 aromatic carbocycles. The number of hydrogen-bond donors (Lipinski definition) is 1. The molecule has 2 N–H and O–H groups in total. The third-order valence-corrected chi connectivity index (χ3v) is 3.47. The summed E-state index contributed by atoms with van der Waals surface area (Å²) in [5, 5.41) is 4.32. The first-order chi connectivity index (χ1) is 9.74. The van der Waals surface area contributed by atoms with Crippen molar-refractivity contribution >= 4 is 0 Å². The Morgan fingerprint density at radius 2 is 2.00 bits per heavy atom. The van der Waals surface area contributed by atoms with Crippen LogP contribution in [0.2, 0.25) is 0 Å². The van der Waals surface area contributed by atoms with Gasteiger partial charge in [-0.1, -0.05) is 19.1 Å². The van der Waals surface area contributed by atoms with Crippen LogP contribution in [0.15, 0.2) is 36.5 Å². The fourth-order valence-electron chi connectivity index (χ4n) is 2.32. The van der Waals surface area contributed by atoms with Crippen molar-refractivity contribution in [1.29, 1.82) is 0 Å². The van der Waals surface area contributed by atoms with Gasteiger partial charge in [0.05, 0.1) is 12.8 Å². The first-order valence-electron chi connectivity index (χ1n) is 7.14. The van der Waals surface area contributed by atoms with Crippen LogP contribution in [-0.4, -0.2) is 16.9 Å². The van der Waals surface area contributed by atoms with E-state index in [4.69, 9.17) is 10.5 Å². The van der Waals surface area contributed by atoms with Crippen molar-refractivity contribution in [2.24, 2.45) is 5.73 Å². The van der Waals surface area contributed by atoms with Crippen molar-refractivity contribution in [3.05, 3.63) is 47.8 Å². The van der Waals surface area contributed by atoms with Crippen LogP contribution >= 0.6 is 0 Å².